The van der Waals surface area contributed by atoms with Crippen LogP contribution in [0.2, 0.25) is 0 Å². The van der Waals surface area contributed by atoms with E-state index in [2.05, 4.69) is 47.6 Å². The Balaban J connectivity index is 1.82. The van der Waals surface area contributed by atoms with Crippen molar-refractivity contribution in [1.29, 1.82) is 0 Å². The summed E-state index contributed by atoms with van der Waals surface area (Å²) in [7, 11) is 0. The lowest BCUT2D eigenvalue weighted by Crippen LogP contribution is -1.90. The molecule has 122 valence electrons. The minimum Gasteiger partial charge on any atom is -0.360 e. The van der Waals surface area contributed by atoms with Gasteiger partial charge in [0.1, 0.15) is 5.82 Å². The van der Waals surface area contributed by atoms with Crippen LogP contribution in [0.25, 0.3) is 22.4 Å². The van der Waals surface area contributed by atoms with Gasteiger partial charge in [-0.1, -0.05) is 72.8 Å². The highest BCUT2D eigenvalue weighted by Gasteiger charge is 2.15. The quantitative estimate of drug-likeness (QED) is 0.467. The number of aromatic amines is 1. The molecule has 1 N–H and O–H groups in total. The molecule has 0 unspecified atom stereocenters. The van der Waals surface area contributed by atoms with E-state index in [1.165, 1.54) is 28.8 Å². The van der Waals surface area contributed by atoms with Gasteiger partial charge in [-0.15, -0.1) is 0 Å². The van der Waals surface area contributed by atoms with Gasteiger partial charge in [0, 0.05) is 11.8 Å². The van der Waals surface area contributed by atoms with Crippen molar-refractivity contribution < 1.29 is 4.39 Å². The first-order valence-electron chi connectivity index (χ1n) is 8.37. The average molecular weight is 327 g/mol. The summed E-state index contributed by atoms with van der Waals surface area (Å²) < 4.78 is 13.2. The molecule has 0 aliphatic rings. The summed E-state index contributed by atoms with van der Waals surface area (Å²) in [5, 5.41) is 0. The van der Waals surface area contributed by atoms with E-state index in [9.17, 15) is 4.39 Å². The van der Waals surface area contributed by atoms with Gasteiger partial charge in [0.15, 0.2) is 0 Å². The molecule has 0 saturated heterocycles. The van der Waals surface area contributed by atoms with Crippen LogP contribution >= 0.6 is 0 Å². The van der Waals surface area contributed by atoms with Crippen molar-refractivity contribution in [3.63, 3.8) is 0 Å². The van der Waals surface area contributed by atoms with Crippen LogP contribution in [0.4, 0.5) is 4.39 Å². The maximum atomic E-state index is 13.2. The Morgan fingerprint density at radius 3 is 1.92 bits per heavy atom. The second-order valence-corrected chi connectivity index (χ2v) is 6.10. The van der Waals surface area contributed by atoms with E-state index in [1.807, 2.05) is 36.4 Å². The molecule has 1 aromatic heterocycles. The number of halogens is 1. The minimum atomic E-state index is -0.203. The molecule has 2 heteroatoms. The van der Waals surface area contributed by atoms with Gasteiger partial charge in [-0.25, -0.2) is 4.39 Å². The van der Waals surface area contributed by atoms with E-state index in [1.54, 1.807) is 0 Å². The standard InChI is InChI=1S/C23H18FN/c24-21-13-11-17(12-14-21)15-20-16-25-23(19-9-5-2-6-10-19)22(20)18-7-3-1-4-8-18/h1-14,16,25H,15H2. The fraction of sp³-hybridized carbons (Fsp3) is 0.0435. The maximum absolute atomic E-state index is 13.2. The summed E-state index contributed by atoms with van der Waals surface area (Å²) in [5.41, 5.74) is 6.96. The zero-order valence-corrected chi connectivity index (χ0v) is 13.7. The first-order chi connectivity index (χ1) is 12.3. The smallest absolute Gasteiger partial charge is 0.123 e. The normalized spacial score (nSPS) is 10.8. The summed E-state index contributed by atoms with van der Waals surface area (Å²) in [5.74, 6) is -0.203. The second kappa shape index (κ2) is 6.78. The average Bonchev–Trinajstić information content (AvgIpc) is 3.08. The van der Waals surface area contributed by atoms with Gasteiger partial charge in [0.25, 0.3) is 0 Å². The van der Waals surface area contributed by atoms with Crippen molar-refractivity contribution in [1.82, 2.24) is 4.98 Å². The van der Waals surface area contributed by atoms with Crippen molar-refractivity contribution in [2.45, 2.75) is 6.42 Å². The molecule has 3 aromatic carbocycles. The highest BCUT2D eigenvalue weighted by Crippen LogP contribution is 2.35. The predicted molar refractivity (Wildman–Crippen MR) is 101 cm³/mol. The first-order valence-corrected chi connectivity index (χ1v) is 8.37. The number of rotatable bonds is 4. The van der Waals surface area contributed by atoms with Crippen molar-refractivity contribution in [3.8, 4) is 22.4 Å². The number of aromatic nitrogens is 1. The van der Waals surface area contributed by atoms with Crippen LogP contribution < -0.4 is 0 Å². The molecule has 0 aliphatic heterocycles. The minimum absolute atomic E-state index is 0.203. The van der Waals surface area contributed by atoms with Crippen LogP contribution in [0.3, 0.4) is 0 Å². The molecule has 0 amide bonds. The first kappa shape index (κ1) is 15.4. The highest BCUT2D eigenvalue weighted by atomic mass is 19.1. The lowest BCUT2D eigenvalue weighted by atomic mass is 9.95. The van der Waals surface area contributed by atoms with E-state index in [0.717, 1.165) is 23.2 Å². The van der Waals surface area contributed by atoms with Crippen LogP contribution in [0.1, 0.15) is 11.1 Å². The Morgan fingerprint density at radius 1 is 0.680 bits per heavy atom. The zero-order valence-electron chi connectivity index (χ0n) is 13.7. The van der Waals surface area contributed by atoms with Crippen molar-refractivity contribution >= 4 is 0 Å². The third-order valence-electron chi connectivity index (χ3n) is 4.39. The topological polar surface area (TPSA) is 15.8 Å². The van der Waals surface area contributed by atoms with Crippen LogP contribution in [0.5, 0.6) is 0 Å². The molecular weight excluding hydrogens is 309 g/mol. The van der Waals surface area contributed by atoms with Crippen LogP contribution in [-0.2, 0) is 6.42 Å². The van der Waals surface area contributed by atoms with E-state index in [0.29, 0.717) is 0 Å². The van der Waals surface area contributed by atoms with Gasteiger partial charge in [0.2, 0.25) is 0 Å². The number of hydrogen-bond acceptors (Lipinski definition) is 0. The third-order valence-corrected chi connectivity index (χ3v) is 4.39. The van der Waals surface area contributed by atoms with Crippen LogP contribution in [0.15, 0.2) is 91.1 Å². The summed E-state index contributed by atoms with van der Waals surface area (Å²) in [6.07, 6.45) is 2.82. The molecule has 0 fully saturated rings. The van der Waals surface area contributed by atoms with E-state index < -0.39 is 0 Å². The predicted octanol–water partition coefficient (Wildman–Crippen LogP) is 6.08. The lowest BCUT2D eigenvalue weighted by molar-refractivity contribution is 0.627. The maximum Gasteiger partial charge on any atom is 0.123 e. The molecule has 0 bridgehead atoms. The van der Waals surface area contributed by atoms with Crippen molar-refractivity contribution in [2.24, 2.45) is 0 Å². The molecule has 0 spiro atoms. The molecule has 0 aliphatic carbocycles. The highest BCUT2D eigenvalue weighted by molar-refractivity contribution is 5.84. The van der Waals surface area contributed by atoms with Crippen LogP contribution in [-0.4, -0.2) is 4.98 Å². The zero-order chi connectivity index (χ0) is 17.1. The molecular formula is C23H18FN. The Kier molecular flexibility index (Phi) is 4.17. The Bertz CT molecular complexity index is 954. The third kappa shape index (κ3) is 3.24. The Hall–Kier alpha value is -3.13. The summed E-state index contributed by atoms with van der Waals surface area (Å²) in [4.78, 5) is 3.45. The molecule has 1 nitrogen and oxygen atoms in total. The largest absolute Gasteiger partial charge is 0.360 e. The molecule has 0 radical (unpaired) electrons. The lowest BCUT2D eigenvalue weighted by Gasteiger charge is -2.09. The molecule has 4 aromatic rings. The van der Waals surface area contributed by atoms with E-state index in [4.69, 9.17) is 0 Å². The molecule has 4 rings (SSSR count). The number of benzene rings is 3. The van der Waals surface area contributed by atoms with Crippen molar-refractivity contribution in [2.75, 3.05) is 0 Å². The van der Waals surface area contributed by atoms with Crippen LogP contribution in [0, 0.1) is 5.82 Å². The fourth-order valence-corrected chi connectivity index (χ4v) is 3.19. The van der Waals surface area contributed by atoms with Gasteiger partial charge in [0.05, 0.1) is 5.69 Å². The Labute approximate surface area is 146 Å². The molecule has 0 atom stereocenters. The number of nitrogens with one attached hydrogen (secondary N) is 1. The van der Waals surface area contributed by atoms with E-state index >= 15 is 0 Å². The van der Waals surface area contributed by atoms with Gasteiger partial charge < -0.3 is 4.98 Å². The summed E-state index contributed by atoms with van der Waals surface area (Å²) >= 11 is 0. The summed E-state index contributed by atoms with van der Waals surface area (Å²) in [6.45, 7) is 0. The van der Waals surface area contributed by atoms with E-state index in [-0.39, 0.29) is 5.82 Å². The van der Waals surface area contributed by atoms with Gasteiger partial charge in [-0.05, 0) is 40.8 Å². The second-order valence-electron chi connectivity index (χ2n) is 6.10. The number of H-pyrrole nitrogens is 1. The summed E-state index contributed by atoms with van der Waals surface area (Å²) in [6, 6.07) is 27.5. The van der Waals surface area contributed by atoms with Gasteiger partial charge in [-0.3, -0.25) is 0 Å². The van der Waals surface area contributed by atoms with Gasteiger partial charge >= 0.3 is 0 Å². The monoisotopic (exact) mass is 327 g/mol. The number of hydrogen-bond donors (Lipinski definition) is 1. The SMILES string of the molecule is Fc1ccc(Cc2c[nH]c(-c3ccccc3)c2-c2ccccc2)cc1. The van der Waals surface area contributed by atoms with Gasteiger partial charge in [-0.2, -0.15) is 0 Å². The molecule has 0 saturated carbocycles. The fourth-order valence-electron chi connectivity index (χ4n) is 3.19. The van der Waals surface area contributed by atoms with Crippen molar-refractivity contribution in [3.05, 3.63) is 108 Å². The molecule has 25 heavy (non-hydrogen) atoms. The Morgan fingerprint density at radius 2 is 1.28 bits per heavy atom. The molecule has 1 heterocycles.